The molecule has 0 aliphatic rings. The maximum atomic E-state index is 13.8. The number of carbonyl (C=O) groups excluding carboxylic acids is 1. The van der Waals surface area contributed by atoms with Gasteiger partial charge in [-0.25, -0.2) is 9.18 Å². The van der Waals surface area contributed by atoms with Gasteiger partial charge in [-0.05, 0) is 18.1 Å². The number of H-pyrrole nitrogens is 1. The molecule has 1 amide bonds. The van der Waals surface area contributed by atoms with Crippen LogP contribution < -0.4 is 16.6 Å². The Morgan fingerprint density at radius 3 is 2.48 bits per heavy atom. The molecule has 0 bridgehead atoms. The number of nitrogens with zero attached hydrogens (tertiary/aromatic N) is 1. The van der Waals surface area contributed by atoms with E-state index in [-0.39, 0.29) is 17.7 Å². The average molecular weight is 367 g/mol. The highest BCUT2D eigenvalue weighted by Gasteiger charge is 2.15. The highest BCUT2D eigenvalue weighted by Crippen LogP contribution is 2.06. The first kappa shape index (κ1) is 18.3. The molecule has 3 rings (SSSR count). The minimum atomic E-state index is -0.765. The maximum Gasteiger partial charge on any atom is 0.328 e. The van der Waals surface area contributed by atoms with Gasteiger partial charge in [0.05, 0.1) is 6.54 Å². The minimum absolute atomic E-state index is 0.187. The van der Waals surface area contributed by atoms with Crippen molar-refractivity contribution in [2.24, 2.45) is 0 Å². The molecule has 0 spiro atoms. The second kappa shape index (κ2) is 8.27. The van der Waals surface area contributed by atoms with E-state index in [9.17, 15) is 18.8 Å². The molecule has 0 saturated heterocycles. The van der Waals surface area contributed by atoms with Crippen LogP contribution in [0.2, 0.25) is 0 Å². The van der Waals surface area contributed by atoms with Gasteiger partial charge in [-0.1, -0.05) is 48.5 Å². The van der Waals surface area contributed by atoms with Crippen LogP contribution in [-0.2, 0) is 13.0 Å². The molecule has 2 N–H and O–H groups in total. The van der Waals surface area contributed by atoms with Crippen molar-refractivity contribution in [3.8, 4) is 0 Å². The quantitative estimate of drug-likeness (QED) is 0.696. The fraction of sp³-hybridized carbons (Fsp3) is 0.150. The fourth-order valence-corrected chi connectivity index (χ4v) is 2.67. The molecule has 0 atom stereocenters. The van der Waals surface area contributed by atoms with Gasteiger partial charge in [0.1, 0.15) is 11.4 Å². The highest BCUT2D eigenvalue weighted by atomic mass is 19.1. The van der Waals surface area contributed by atoms with Crippen LogP contribution >= 0.6 is 0 Å². The van der Waals surface area contributed by atoms with Crippen LogP contribution in [0.1, 0.15) is 21.5 Å². The van der Waals surface area contributed by atoms with Gasteiger partial charge in [-0.3, -0.25) is 14.2 Å². The number of rotatable bonds is 6. The number of hydrogen-bond acceptors (Lipinski definition) is 3. The highest BCUT2D eigenvalue weighted by molar-refractivity contribution is 5.93. The van der Waals surface area contributed by atoms with E-state index >= 15 is 0 Å². The zero-order chi connectivity index (χ0) is 19.2. The lowest BCUT2D eigenvalue weighted by Gasteiger charge is -2.09. The number of nitrogens with one attached hydrogen (secondary N) is 2. The van der Waals surface area contributed by atoms with Crippen LogP contribution in [-0.4, -0.2) is 22.0 Å². The van der Waals surface area contributed by atoms with Gasteiger partial charge in [-0.15, -0.1) is 0 Å². The van der Waals surface area contributed by atoms with E-state index in [0.29, 0.717) is 13.0 Å². The van der Waals surface area contributed by atoms with Crippen molar-refractivity contribution in [2.75, 3.05) is 6.54 Å². The maximum absolute atomic E-state index is 13.8. The van der Waals surface area contributed by atoms with Crippen LogP contribution in [0.3, 0.4) is 0 Å². The molecule has 0 saturated carbocycles. The van der Waals surface area contributed by atoms with Crippen LogP contribution in [0, 0.1) is 5.82 Å². The summed E-state index contributed by atoms with van der Waals surface area (Å²) in [5.74, 6) is -1.11. The largest absolute Gasteiger partial charge is 0.351 e. The third-order valence-electron chi connectivity index (χ3n) is 4.13. The Labute approximate surface area is 154 Å². The van der Waals surface area contributed by atoms with Crippen LogP contribution in [0.25, 0.3) is 0 Å². The Bertz CT molecular complexity index is 1060. The summed E-state index contributed by atoms with van der Waals surface area (Å²) >= 11 is 0. The molecule has 1 heterocycles. The zero-order valence-electron chi connectivity index (χ0n) is 14.4. The molecule has 0 unspecified atom stereocenters. The van der Waals surface area contributed by atoms with E-state index in [0.717, 1.165) is 16.3 Å². The van der Waals surface area contributed by atoms with Gasteiger partial charge in [-0.2, -0.15) is 0 Å². The Balaban J connectivity index is 1.76. The monoisotopic (exact) mass is 367 g/mol. The fourth-order valence-electron chi connectivity index (χ4n) is 2.67. The zero-order valence-corrected chi connectivity index (χ0v) is 14.4. The number of benzene rings is 2. The normalized spacial score (nSPS) is 10.6. The average Bonchev–Trinajstić information content (AvgIpc) is 2.67. The van der Waals surface area contributed by atoms with Crippen LogP contribution in [0.4, 0.5) is 4.39 Å². The number of aromatic nitrogens is 2. The second-order valence-electron chi connectivity index (χ2n) is 5.98. The number of aromatic amines is 1. The van der Waals surface area contributed by atoms with E-state index in [1.807, 2.05) is 30.3 Å². The third-order valence-corrected chi connectivity index (χ3v) is 4.13. The molecule has 27 heavy (non-hydrogen) atoms. The summed E-state index contributed by atoms with van der Waals surface area (Å²) in [6.07, 6.45) is 1.69. The van der Waals surface area contributed by atoms with Crippen molar-refractivity contribution in [3.63, 3.8) is 0 Å². The smallest absolute Gasteiger partial charge is 0.328 e. The van der Waals surface area contributed by atoms with E-state index in [4.69, 9.17) is 0 Å². The predicted molar refractivity (Wildman–Crippen MR) is 99.3 cm³/mol. The van der Waals surface area contributed by atoms with Gasteiger partial charge < -0.3 is 10.3 Å². The number of hydrogen-bond donors (Lipinski definition) is 2. The third kappa shape index (κ3) is 4.38. The summed E-state index contributed by atoms with van der Waals surface area (Å²) in [5, 5.41) is 2.66. The molecule has 138 valence electrons. The van der Waals surface area contributed by atoms with E-state index in [2.05, 4.69) is 10.3 Å². The summed E-state index contributed by atoms with van der Waals surface area (Å²) in [6, 6.07) is 15.4. The Morgan fingerprint density at radius 2 is 1.74 bits per heavy atom. The molecule has 1 aromatic heterocycles. The molecule has 0 aliphatic heterocycles. The Kier molecular flexibility index (Phi) is 5.61. The molecule has 7 heteroatoms. The van der Waals surface area contributed by atoms with Gasteiger partial charge in [0.25, 0.3) is 11.5 Å². The lowest BCUT2D eigenvalue weighted by molar-refractivity contribution is 0.0951. The standard InChI is InChI=1S/C20H18FN3O3/c21-17-9-5-4-8-15(17)13-24-19(26)16(12-23-20(24)27)18(25)22-11-10-14-6-2-1-3-7-14/h1-9,12H,10-11,13H2,(H,22,25)(H,23,27). The van der Waals surface area contributed by atoms with Gasteiger partial charge in [0.2, 0.25) is 0 Å². The molecule has 0 aliphatic carbocycles. The first-order valence-corrected chi connectivity index (χ1v) is 8.44. The number of halogens is 1. The Hall–Kier alpha value is -3.48. The SMILES string of the molecule is O=C(NCCc1ccccc1)c1c[nH]c(=O)n(Cc2ccccc2F)c1=O. The Morgan fingerprint density at radius 1 is 1.04 bits per heavy atom. The summed E-state index contributed by atoms with van der Waals surface area (Å²) in [4.78, 5) is 39.2. The lowest BCUT2D eigenvalue weighted by Crippen LogP contribution is -2.41. The van der Waals surface area contributed by atoms with E-state index < -0.39 is 23.0 Å². The molecular formula is C20H18FN3O3. The topological polar surface area (TPSA) is 84.0 Å². The molecule has 0 fully saturated rings. The molecular weight excluding hydrogens is 349 g/mol. The van der Waals surface area contributed by atoms with E-state index in [1.165, 1.54) is 18.2 Å². The van der Waals surface area contributed by atoms with Gasteiger partial charge in [0, 0.05) is 18.3 Å². The summed E-state index contributed by atoms with van der Waals surface area (Å²) in [5.41, 5.74) is -0.426. The molecule has 2 aromatic carbocycles. The minimum Gasteiger partial charge on any atom is -0.351 e. The second-order valence-corrected chi connectivity index (χ2v) is 5.98. The molecule has 6 nitrogen and oxygen atoms in total. The summed E-state index contributed by atoms with van der Waals surface area (Å²) < 4.78 is 14.6. The summed E-state index contributed by atoms with van der Waals surface area (Å²) in [7, 11) is 0. The van der Waals surface area contributed by atoms with Crippen molar-refractivity contribution in [1.29, 1.82) is 0 Å². The van der Waals surface area contributed by atoms with Gasteiger partial charge >= 0.3 is 5.69 Å². The van der Waals surface area contributed by atoms with Crippen molar-refractivity contribution in [3.05, 3.63) is 104 Å². The van der Waals surface area contributed by atoms with Crippen LogP contribution in [0.15, 0.2) is 70.4 Å². The van der Waals surface area contributed by atoms with Gasteiger partial charge in [0.15, 0.2) is 0 Å². The first-order valence-electron chi connectivity index (χ1n) is 8.44. The van der Waals surface area contributed by atoms with Crippen molar-refractivity contribution in [1.82, 2.24) is 14.9 Å². The predicted octanol–water partition coefficient (Wildman–Crippen LogP) is 1.70. The molecule has 3 aromatic rings. The van der Waals surface area contributed by atoms with Crippen LogP contribution in [0.5, 0.6) is 0 Å². The van der Waals surface area contributed by atoms with Crippen molar-refractivity contribution >= 4 is 5.91 Å². The van der Waals surface area contributed by atoms with Crippen molar-refractivity contribution < 1.29 is 9.18 Å². The van der Waals surface area contributed by atoms with E-state index in [1.54, 1.807) is 6.07 Å². The first-order chi connectivity index (χ1) is 13.1. The summed E-state index contributed by atoms with van der Waals surface area (Å²) in [6.45, 7) is 0.0840. The number of carbonyl (C=O) groups is 1. The number of amides is 1. The lowest BCUT2D eigenvalue weighted by atomic mass is 10.1. The van der Waals surface area contributed by atoms with Crippen molar-refractivity contribution in [2.45, 2.75) is 13.0 Å². The molecule has 0 radical (unpaired) electrons.